The maximum absolute atomic E-state index is 12.1. The third-order valence-electron chi connectivity index (χ3n) is 3.23. The van der Waals surface area contributed by atoms with Crippen LogP contribution in [0.2, 0.25) is 0 Å². The van der Waals surface area contributed by atoms with Crippen LogP contribution in [-0.4, -0.2) is 30.1 Å². The van der Waals surface area contributed by atoms with E-state index in [1.807, 2.05) is 34.1 Å². The lowest BCUT2D eigenvalue weighted by Gasteiger charge is -2.18. The Hall–Kier alpha value is -1.71. The molecule has 4 heteroatoms. The molecule has 1 aliphatic carbocycles. The molecule has 2 aliphatic rings. The highest BCUT2D eigenvalue weighted by Crippen LogP contribution is 2.31. The largest absolute Gasteiger partial charge is 0.399 e. The van der Waals surface area contributed by atoms with Gasteiger partial charge in [0.05, 0.1) is 0 Å². The first-order valence-electron chi connectivity index (χ1n) is 5.69. The van der Waals surface area contributed by atoms with Gasteiger partial charge in [0.1, 0.15) is 0 Å². The van der Waals surface area contributed by atoms with E-state index in [0.717, 1.165) is 24.5 Å². The fourth-order valence-electron chi connectivity index (χ4n) is 2.17. The van der Waals surface area contributed by atoms with Gasteiger partial charge in [-0.15, -0.1) is 0 Å². The van der Waals surface area contributed by atoms with Gasteiger partial charge in [0.15, 0.2) is 0 Å². The van der Waals surface area contributed by atoms with Gasteiger partial charge in [0, 0.05) is 30.5 Å². The van der Waals surface area contributed by atoms with Crippen molar-refractivity contribution in [3.63, 3.8) is 0 Å². The molecule has 1 saturated carbocycles. The van der Waals surface area contributed by atoms with Crippen LogP contribution in [0.5, 0.6) is 0 Å². The maximum Gasteiger partial charge on any atom is 0.324 e. The number of urea groups is 1. The van der Waals surface area contributed by atoms with E-state index >= 15 is 0 Å². The molecule has 4 nitrogen and oxygen atoms in total. The number of hydrogen-bond donors (Lipinski definition) is 1. The van der Waals surface area contributed by atoms with Crippen molar-refractivity contribution >= 4 is 17.4 Å². The summed E-state index contributed by atoms with van der Waals surface area (Å²) in [6, 6.07) is 8.14. The fourth-order valence-corrected chi connectivity index (χ4v) is 2.17. The number of nitrogen functional groups attached to an aromatic ring is 1. The first-order chi connectivity index (χ1) is 7.75. The number of nitrogens with zero attached hydrogens (tertiary/aromatic N) is 2. The molecule has 1 heterocycles. The van der Waals surface area contributed by atoms with E-state index in [9.17, 15) is 4.79 Å². The van der Waals surface area contributed by atoms with E-state index in [1.165, 1.54) is 12.8 Å². The molecule has 0 aromatic heterocycles. The van der Waals surface area contributed by atoms with Gasteiger partial charge in [-0.05, 0) is 37.1 Å². The Morgan fingerprint density at radius 2 is 1.81 bits per heavy atom. The Balaban J connectivity index is 1.80. The zero-order valence-electron chi connectivity index (χ0n) is 9.10. The van der Waals surface area contributed by atoms with Crippen molar-refractivity contribution < 1.29 is 4.79 Å². The van der Waals surface area contributed by atoms with Gasteiger partial charge in [0.2, 0.25) is 0 Å². The van der Waals surface area contributed by atoms with Crippen LogP contribution in [0, 0.1) is 0 Å². The molecule has 0 atom stereocenters. The predicted octanol–water partition coefficient (Wildman–Crippen LogP) is 1.67. The summed E-state index contributed by atoms with van der Waals surface area (Å²) in [5.41, 5.74) is 7.31. The number of rotatable bonds is 2. The summed E-state index contributed by atoms with van der Waals surface area (Å²) in [5, 5.41) is 0. The molecule has 3 rings (SSSR count). The van der Waals surface area contributed by atoms with Gasteiger partial charge in [-0.2, -0.15) is 0 Å². The zero-order chi connectivity index (χ0) is 11.1. The Bertz CT molecular complexity index is 411. The van der Waals surface area contributed by atoms with Gasteiger partial charge in [-0.3, -0.25) is 4.90 Å². The number of carbonyl (C=O) groups excluding carboxylic acids is 1. The lowest BCUT2D eigenvalue weighted by Crippen LogP contribution is -2.33. The monoisotopic (exact) mass is 217 g/mol. The average Bonchev–Trinajstić information content (AvgIpc) is 3.05. The van der Waals surface area contributed by atoms with Crippen LogP contribution < -0.4 is 10.6 Å². The van der Waals surface area contributed by atoms with Crippen LogP contribution in [0.4, 0.5) is 16.2 Å². The van der Waals surface area contributed by atoms with Crippen LogP contribution in [-0.2, 0) is 0 Å². The molecule has 2 amide bonds. The molecule has 2 N–H and O–H groups in total. The Morgan fingerprint density at radius 1 is 1.12 bits per heavy atom. The zero-order valence-corrected chi connectivity index (χ0v) is 9.10. The molecule has 1 aromatic carbocycles. The number of anilines is 2. The van der Waals surface area contributed by atoms with Gasteiger partial charge >= 0.3 is 6.03 Å². The Labute approximate surface area is 94.6 Å². The van der Waals surface area contributed by atoms with Gasteiger partial charge in [0.25, 0.3) is 0 Å². The van der Waals surface area contributed by atoms with Crippen molar-refractivity contribution in [1.29, 1.82) is 0 Å². The molecule has 1 saturated heterocycles. The topological polar surface area (TPSA) is 49.6 Å². The SMILES string of the molecule is Nc1ccc(N2CCN(C3CC3)C2=O)cc1. The molecule has 1 aliphatic heterocycles. The third-order valence-corrected chi connectivity index (χ3v) is 3.23. The second-order valence-corrected chi connectivity index (χ2v) is 4.45. The summed E-state index contributed by atoms with van der Waals surface area (Å²) in [5.74, 6) is 0. The molecule has 0 unspecified atom stereocenters. The molecule has 84 valence electrons. The second-order valence-electron chi connectivity index (χ2n) is 4.45. The average molecular weight is 217 g/mol. The smallest absolute Gasteiger partial charge is 0.324 e. The second kappa shape index (κ2) is 3.40. The summed E-state index contributed by atoms with van der Waals surface area (Å²) in [7, 11) is 0. The van der Waals surface area contributed by atoms with E-state index in [1.54, 1.807) is 0 Å². The summed E-state index contributed by atoms with van der Waals surface area (Å²) in [4.78, 5) is 15.9. The van der Waals surface area contributed by atoms with E-state index in [4.69, 9.17) is 5.73 Å². The summed E-state index contributed by atoms with van der Waals surface area (Å²) >= 11 is 0. The van der Waals surface area contributed by atoms with Gasteiger partial charge in [-0.25, -0.2) is 4.79 Å². The summed E-state index contributed by atoms with van der Waals surface area (Å²) in [6.45, 7) is 1.65. The Morgan fingerprint density at radius 3 is 2.44 bits per heavy atom. The van der Waals surface area contributed by atoms with Gasteiger partial charge < -0.3 is 10.6 Å². The molecule has 2 fully saturated rings. The summed E-state index contributed by atoms with van der Waals surface area (Å²) < 4.78 is 0. The van der Waals surface area contributed by atoms with Crippen LogP contribution in [0.15, 0.2) is 24.3 Å². The maximum atomic E-state index is 12.1. The quantitative estimate of drug-likeness (QED) is 0.766. The third kappa shape index (κ3) is 1.50. The standard InChI is InChI=1S/C12H15N3O/c13-9-1-3-10(4-2-9)14-7-8-15(12(14)16)11-5-6-11/h1-4,11H,5-8,13H2. The molecule has 0 radical (unpaired) electrons. The van der Waals surface area contributed by atoms with Crippen LogP contribution in [0.3, 0.4) is 0 Å². The Kier molecular flexibility index (Phi) is 2.02. The van der Waals surface area contributed by atoms with Crippen LogP contribution >= 0.6 is 0 Å². The molecular formula is C12H15N3O. The number of benzene rings is 1. The first kappa shape index (κ1) is 9.51. The van der Waals surface area contributed by atoms with Crippen molar-refractivity contribution in [2.24, 2.45) is 0 Å². The van der Waals surface area contributed by atoms with Crippen molar-refractivity contribution in [3.05, 3.63) is 24.3 Å². The minimum Gasteiger partial charge on any atom is -0.399 e. The number of nitrogens with two attached hydrogens (primary N) is 1. The van der Waals surface area contributed by atoms with Crippen LogP contribution in [0.1, 0.15) is 12.8 Å². The van der Waals surface area contributed by atoms with Crippen molar-refractivity contribution in [2.75, 3.05) is 23.7 Å². The predicted molar refractivity (Wildman–Crippen MR) is 63.3 cm³/mol. The van der Waals surface area contributed by atoms with E-state index in [-0.39, 0.29) is 6.03 Å². The lowest BCUT2D eigenvalue weighted by molar-refractivity contribution is 0.218. The molecule has 16 heavy (non-hydrogen) atoms. The molecule has 1 aromatic rings. The first-order valence-corrected chi connectivity index (χ1v) is 5.69. The van der Waals surface area contributed by atoms with E-state index in [2.05, 4.69) is 0 Å². The molecule has 0 bridgehead atoms. The minimum atomic E-state index is 0.146. The number of hydrogen-bond acceptors (Lipinski definition) is 2. The fraction of sp³-hybridized carbons (Fsp3) is 0.417. The molecule has 0 spiro atoms. The highest BCUT2D eigenvalue weighted by atomic mass is 16.2. The highest BCUT2D eigenvalue weighted by molar-refractivity contribution is 5.94. The van der Waals surface area contributed by atoms with Gasteiger partial charge in [-0.1, -0.05) is 0 Å². The van der Waals surface area contributed by atoms with E-state index in [0.29, 0.717) is 6.04 Å². The number of carbonyl (C=O) groups is 1. The highest BCUT2D eigenvalue weighted by Gasteiger charge is 2.39. The van der Waals surface area contributed by atoms with E-state index < -0.39 is 0 Å². The molecular weight excluding hydrogens is 202 g/mol. The lowest BCUT2D eigenvalue weighted by atomic mass is 10.2. The number of amides is 2. The summed E-state index contributed by atoms with van der Waals surface area (Å²) in [6.07, 6.45) is 2.34. The van der Waals surface area contributed by atoms with Crippen molar-refractivity contribution in [1.82, 2.24) is 4.90 Å². The normalized spacial score (nSPS) is 20.6. The van der Waals surface area contributed by atoms with Crippen LogP contribution in [0.25, 0.3) is 0 Å². The van der Waals surface area contributed by atoms with Crippen molar-refractivity contribution in [2.45, 2.75) is 18.9 Å². The van der Waals surface area contributed by atoms with Crippen molar-refractivity contribution in [3.8, 4) is 0 Å². The minimum absolute atomic E-state index is 0.146.